The van der Waals surface area contributed by atoms with Crippen molar-refractivity contribution in [2.45, 2.75) is 50.1 Å². The molecule has 0 radical (unpaired) electrons. The zero-order valence-electron chi connectivity index (χ0n) is 23.4. The van der Waals surface area contributed by atoms with Crippen LogP contribution in [0.1, 0.15) is 54.7 Å². The van der Waals surface area contributed by atoms with Gasteiger partial charge in [-0.2, -0.15) is 21.6 Å². The van der Waals surface area contributed by atoms with E-state index >= 15 is 0 Å². The van der Waals surface area contributed by atoms with Crippen LogP contribution < -0.4 is 14.9 Å². The summed E-state index contributed by atoms with van der Waals surface area (Å²) in [7, 11) is -3.47. The van der Waals surface area contributed by atoms with E-state index in [-0.39, 0.29) is 11.6 Å². The molecule has 0 unspecified atom stereocenters. The zero-order valence-corrected chi connectivity index (χ0v) is 25.0. The minimum Gasteiger partial charge on any atom is -0.370 e. The molecule has 2 aliphatic rings. The molecule has 1 saturated carbocycles. The highest BCUT2D eigenvalue weighted by atomic mass is 32.2. The van der Waals surface area contributed by atoms with E-state index in [0.29, 0.717) is 21.7 Å². The summed E-state index contributed by atoms with van der Waals surface area (Å²) < 4.78 is 61.7. The number of rotatable bonds is 8. The molecule has 2 fully saturated rings. The number of benzene rings is 3. The van der Waals surface area contributed by atoms with Crippen molar-refractivity contribution in [3.05, 3.63) is 94.4 Å². The number of nitrogens with one attached hydrogen (secondary N) is 2. The maximum absolute atomic E-state index is 12.6. The van der Waals surface area contributed by atoms with Crippen LogP contribution in [0.15, 0.2) is 82.7 Å². The van der Waals surface area contributed by atoms with Crippen molar-refractivity contribution in [2.24, 2.45) is 4.99 Å². The summed E-state index contributed by atoms with van der Waals surface area (Å²) in [6, 6.07) is 21.9. The predicted octanol–water partition coefficient (Wildman–Crippen LogP) is 7.52. The quantitative estimate of drug-likeness (QED) is 0.252. The van der Waals surface area contributed by atoms with Crippen LogP contribution in [-0.4, -0.2) is 32.0 Å². The van der Waals surface area contributed by atoms with Crippen molar-refractivity contribution < 1.29 is 26.4 Å². The number of hydrogen-bond donors (Lipinski definition) is 2. The van der Waals surface area contributed by atoms with Gasteiger partial charge in [0.25, 0.3) is 5.91 Å². The monoisotopic (exact) mass is 628 g/mol. The lowest BCUT2D eigenvalue weighted by molar-refractivity contribution is -0.115. The van der Waals surface area contributed by atoms with Crippen LogP contribution in [-0.2, 0) is 21.4 Å². The van der Waals surface area contributed by atoms with Gasteiger partial charge in [-0.1, -0.05) is 55.7 Å². The van der Waals surface area contributed by atoms with E-state index in [0.717, 1.165) is 41.7 Å². The van der Waals surface area contributed by atoms with Crippen LogP contribution in [0.3, 0.4) is 0 Å². The summed E-state index contributed by atoms with van der Waals surface area (Å²) in [5.41, 5.74) is -0.772. The van der Waals surface area contributed by atoms with Crippen molar-refractivity contribution >= 4 is 56.0 Å². The number of thioether (sulfide) groups is 1. The Labute approximate surface area is 253 Å². The van der Waals surface area contributed by atoms with Crippen LogP contribution in [0.25, 0.3) is 6.08 Å². The molecule has 1 aliphatic heterocycles. The van der Waals surface area contributed by atoms with Gasteiger partial charge < -0.3 is 10.2 Å². The minimum absolute atomic E-state index is 0.258. The number of nitrogens with zero attached hydrogens (tertiary/aromatic N) is 2. The molecular weight excluding hydrogens is 597 g/mol. The molecule has 1 amide bonds. The molecule has 1 saturated heterocycles. The highest BCUT2D eigenvalue weighted by Gasteiger charge is 2.46. The number of carbonyl (C=O) groups is 1. The Bertz CT molecular complexity index is 1610. The Kier molecular flexibility index (Phi) is 9.16. The van der Waals surface area contributed by atoms with Crippen LogP contribution in [0, 0.1) is 0 Å². The number of sulfonamides is 1. The summed E-state index contributed by atoms with van der Waals surface area (Å²) in [4.78, 5) is 19.4. The first-order valence-corrected chi connectivity index (χ1v) is 16.2. The van der Waals surface area contributed by atoms with E-state index in [1.54, 1.807) is 6.08 Å². The predicted molar refractivity (Wildman–Crippen MR) is 167 cm³/mol. The SMILES string of the molecule is CN(Cc1ccc(C2CCCCC2)cc1)c1ccc(/C=C2\SC(=Nc3ccc(NS(=O)(=O)C(F)(F)F)cc3)NC2=O)cc1. The third-order valence-electron chi connectivity index (χ3n) is 7.41. The van der Waals surface area contributed by atoms with Crippen molar-refractivity contribution in [1.82, 2.24) is 5.32 Å². The summed E-state index contributed by atoms with van der Waals surface area (Å²) >= 11 is 1.13. The molecule has 0 aromatic heterocycles. The van der Waals surface area contributed by atoms with E-state index in [1.807, 2.05) is 31.3 Å². The molecule has 7 nitrogen and oxygen atoms in total. The van der Waals surface area contributed by atoms with E-state index in [4.69, 9.17) is 0 Å². The van der Waals surface area contributed by atoms with Gasteiger partial charge in [-0.05, 0) is 89.7 Å². The molecule has 1 aliphatic carbocycles. The Morgan fingerprint density at radius 1 is 0.977 bits per heavy atom. The van der Waals surface area contributed by atoms with Gasteiger partial charge in [-0.15, -0.1) is 0 Å². The Hall–Kier alpha value is -3.77. The summed E-state index contributed by atoms with van der Waals surface area (Å²) in [5.74, 6) is 0.368. The van der Waals surface area contributed by atoms with Crippen molar-refractivity contribution in [1.29, 1.82) is 0 Å². The number of anilines is 2. The number of amides is 1. The molecule has 0 spiro atoms. The Morgan fingerprint density at radius 3 is 2.26 bits per heavy atom. The lowest BCUT2D eigenvalue weighted by Crippen LogP contribution is -2.29. The van der Waals surface area contributed by atoms with Gasteiger partial charge in [0, 0.05) is 25.0 Å². The van der Waals surface area contributed by atoms with E-state index in [9.17, 15) is 26.4 Å². The van der Waals surface area contributed by atoms with Gasteiger partial charge in [-0.3, -0.25) is 9.52 Å². The molecule has 12 heteroatoms. The normalized spacial score (nSPS) is 18.2. The molecule has 3 aromatic carbocycles. The van der Waals surface area contributed by atoms with E-state index in [2.05, 4.69) is 39.5 Å². The number of amidine groups is 1. The highest BCUT2D eigenvalue weighted by molar-refractivity contribution is 8.18. The number of halogens is 3. The van der Waals surface area contributed by atoms with E-state index < -0.39 is 15.5 Å². The van der Waals surface area contributed by atoms with Gasteiger partial charge in [0.05, 0.1) is 10.6 Å². The topological polar surface area (TPSA) is 90.9 Å². The average molecular weight is 629 g/mol. The molecule has 1 heterocycles. The minimum atomic E-state index is -5.51. The van der Waals surface area contributed by atoms with Gasteiger partial charge >= 0.3 is 15.5 Å². The fraction of sp³-hybridized carbons (Fsp3) is 0.290. The lowest BCUT2D eigenvalue weighted by Gasteiger charge is -2.23. The zero-order chi connectivity index (χ0) is 30.6. The van der Waals surface area contributed by atoms with Gasteiger partial charge in [0.1, 0.15) is 0 Å². The second kappa shape index (κ2) is 12.8. The summed E-state index contributed by atoms with van der Waals surface area (Å²) in [6.45, 7) is 0.776. The van der Waals surface area contributed by atoms with Gasteiger partial charge in [0.15, 0.2) is 5.17 Å². The molecule has 5 rings (SSSR count). The fourth-order valence-electron chi connectivity index (χ4n) is 5.09. The van der Waals surface area contributed by atoms with E-state index in [1.165, 1.54) is 60.1 Å². The maximum atomic E-state index is 12.6. The Balaban J connectivity index is 1.18. The molecule has 0 atom stereocenters. The standard InChI is InChI=1S/C31H31F3N4O3S2/c1-38(20-22-7-11-24(12-8-22)23-5-3-2-4-6-23)27-17-9-21(10-18-27)19-28-29(39)36-30(42-28)35-25-13-15-26(16-14-25)37-43(40,41)31(32,33)34/h7-19,23,37H,2-6,20H2,1H3,(H,35,36,39)/b28-19-. The largest absolute Gasteiger partial charge is 0.516 e. The maximum Gasteiger partial charge on any atom is 0.516 e. The number of hydrogen-bond acceptors (Lipinski definition) is 6. The van der Waals surface area contributed by atoms with Crippen LogP contribution in [0.4, 0.5) is 30.2 Å². The molecule has 0 bridgehead atoms. The third-order valence-corrected chi connectivity index (χ3v) is 9.44. The molecule has 2 N–H and O–H groups in total. The molecular formula is C31H31F3N4O3S2. The molecule has 43 heavy (non-hydrogen) atoms. The first-order valence-electron chi connectivity index (χ1n) is 13.9. The van der Waals surface area contributed by atoms with Gasteiger partial charge in [-0.25, -0.2) is 4.99 Å². The second-order valence-electron chi connectivity index (χ2n) is 10.6. The molecule has 226 valence electrons. The highest BCUT2D eigenvalue weighted by Crippen LogP contribution is 2.33. The summed E-state index contributed by atoms with van der Waals surface area (Å²) in [6.07, 6.45) is 8.32. The van der Waals surface area contributed by atoms with Crippen LogP contribution >= 0.6 is 11.8 Å². The number of aliphatic imine (C=N–C) groups is 1. The van der Waals surface area contributed by atoms with Crippen molar-refractivity contribution in [2.75, 3.05) is 16.7 Å². The van der Waals surface area contributed by atoms with Crippen molar-refractivity contribution in [3.8, 4) is 0 Å². The third kappa shape index (κ3) is 7.80. The Morgan fingerprint density at radius 2 is 1.63 bits per heavy atom. The first kappa shape index (κ1) is 30.7. The fourth-order valence-corrected chi connectivity index (χ4v) is 6.49. The first-order chi connectivity index (χ1) is 20.5. The average Bonchev–Trinajstić information content (AvgIpc) is 3.32. The lowest BCUT2D eigenvalue weighted by atomic mass is 9.84. The summed E-state index contributed by atoms with van der Waals surface area (Å²) in [5, 5.41) is 2.96. The number of carbonyl (C=O) groups excluding carboxylic acids is 1. The van der Waals surface area contributed by atoms with Crippen molar-refractivity contribution in [3.63, 3.8) is 0 Å². The number of alkyl halides is 3. The van der Waals surface area contributed by atoms with Crippen LogP contribution in [0.2, 0.25) is 0 Å². The van der Waals surface area contributed by atoms with Crippen LogP contribution in [0.5, 0.6) is 0 Å². The second-order valence-corrected chi connectivity index (χ2v) is 13.3. The smallest absolute Gasteiger partial charge is 0.370 e. The molecule has 3 aromatic rings. The van der Waals surface area contributed by atoms with Gasteiger partial charge in [0.2, 0.25) is 0 Å².